The second-order valence-corrected chi connectivity index (χ2v) is 6.16. The zero-order chi connectivity index (χ0) is 15.8. The lowest BCUT2D eigenvalue weighted by Gasteiger charge is -2.38. The van der Waals surface area contributed by atoms with Crippen LogP contribution in [0, 0.1) is 5.92 Å². The summed E-state index contributed by atoms with van der Waals surface area (Å²) >= 11 is 0. The fraction of sp³-hybridized carbons (Fsp3) is 0.353. The first-order valence-corrected chi connectivity index (χ1v) is 7.89. The molecule has 6 heteroatoms. The van der Waals surface area contributed by atoms with Gasteiger partial charge in [-0.05, 0) is 43.0 Å². The third kappa shape index (κ3) is 2.50. The largest absolute Gasteiger partial charge is 0.467 e. The number of fused-ring (bicyclic) bond motifs is 1. The fourth-order valence-electron chi connectivity index (χ4n) is 3.32. The van der Waals surface area contributed by atoms with Crippen LogP contribution in [-0.2, 0) is 0 Å². The van der Waals surface area contributed by atoms with E-state index in [9.17, 15) is 0 Å². The van der Waals surface area contributed by atoms with E-state index in [1.165, 1.54) is 0 Å². The van der Waals surface area contributed by atoms with Gasteiger partial charge in [-0.1, -0.05) is 6.92 Å². The Balaban J connectivity index is 1.81. The molecule has 1 saturated heterocycles. The highest BCUT2D eigenvalue weighted by atomic mass is 16.3. The van der Waals surface area contributed by atoms with Crippen LogP contribution in [0.1, 0.15) is 31.6 Å². The van der Waals surface area contributed by atoms with Crippen LogP contribution in [0.2, 0.25) is 0 Å². The molecule has 0 bridgehead atoms. The molecule has 6 nitrogen and oxygen atoms in total. The van der Waals surface area contributed by atoms with Crippen molar-refractivity contribution in [3.8, 4) is 0 Å². The molecule has 23 heavy (non-hydrogen) atoms. The van der Waals surface area contributed by atoms with Crippen LogP contribution in [0.5, 0.6) is 0 Å². The van der Waals surface area contributed by atoms with E-state index in [4.69, 9.17) is 10.2 Å². The molecule has 3 aromatic rings. The quantitative estimate of drug-likeness (QED) is 0.783. The summed E-state index contributed by atoms with van der Waals surface area (Å²) < 4.78 is 5.68. The third-order valence-corrected chi connectivity index (χ3v) is 4.51. The van der Waals surface area contributed by atoms with E-state index in [2.05, 4.69) is 26.8 Å². The molecule has 0 aliphatic carbocycles. The summed E-state index contributed by atoms with van der Waals surface area (Å²) in [5, 5.41) is 0.924. The smallest absolute Gasteiger partial charge is 0.166 e. The van der Waals surface area contributed by atoms with Gasteiger partial charge >= 0.3 is 0 Å². The first-order valence-electron chi connectivity index (χ1n) is 7.89. The molecular weight excluding hydrogens is 290 g/mol. The normalized spacial score (nSPS) is 21.7. The van der Waals surface area contributed by atoms with Gasteiger partial charge < -0.3 is 15.1 Å². The Bertz CT molecular complexity index is 817. The van der Waals surface area contributed by atoms with Gasteiger partial charge in [0, 0.05) is 6.54 Å². The fourth-order valence-corrected chi connectivity index (χ4v) is 3.32. The van der Waals surface area contributed by atoms with Crippen LogP contribution >= 0.6 is 0 Å². The second-order valence-electron chi connectivity index (χ2n) is 6.16. The molecule has 1 aliphatic rings. The molecule has 1 aliphatic heterocycles. The van der Waals surface area contributed by atoms with Crippen LogP contribution in [0.4, 0.5) is 11.6 Å². The number of pyridine rings is 1. The van der Waals surface area contributed by atoms with Crippen LogP contribution in [0.25, 0.3) is 11.0 Å². The Kier molecular flexibility index (Phi) is 3.37. The van der Waals surface area contributed by atoms with Gasteiger partial charge in [0.1, 0.15) is 23.7 Å². The van der Waals surface area contributed by atoms with Gasteiger partial charge in [0.2, 0.25) is 0 Å². The number of nitrogens with zero attached hydrogens (tertiary/aromatic N) is 4. The molecule has 0 amide bonds. The molecule has 0 unspecified atom stereocenters. The molecule has 118 valence electrons. The number of furan rings is 1. The average molecular weight is 309 g/mol. The Morgan fingerprint density at radius 3 is 3.00 bits per heavy atom. The summed E-state index contributed by atoms with van der Waals surface area (Å²) in [5.41, 5.74) is 6.41. The maximum atomic E-state index is 5.77. The zero-order valence-corrected chi connectivity index (χ0v) is 13.0. The molecule has 0 spiro atoms. The van der Waals surface area contributed by atoms with Crippen molar-refractivity contribution in [2.75, 3.05) is 17.2 Å². The van der Waals surface area contributed by atoms with Crippen molar-refractivity contribution < 1.29 is 4.42 Å². The number of hydrogen-bond donors (Lipinski definition) is 1. The topological polar surface area (TPSA) is 81.1 Å². The lowest BCUT2D eigenvalue weighted by atomic mass is 9.91. The van der Waals surface area contributed by atoms with Gasteiger partial charge in [0.25, 0.3) is 0 Å². The summed E-state index contributed by atoms with van der Waals surface area (Å²) in [4.78, 5) is 15.4. The van der Waals surface area contributed by atoms with E-state index >= 15 is 0 Å². The van der Waals surface area contributed by atoms with Gasteiger partial charge in [0.05, 0.1) is 17.7 Å². The maximum Gasteiger partial charge on any atom is 0.166 e. The number of piperidine rings is 1. The first kappa shape index (κ1) is 14.0. The summed E-state index contributed by atoms with van der Waals surface area (Å²) in [5.74, 6) is 3.00. The van der Waals surface area contributed by atoms with E-state index < -0.39 is 0 Å². The van der Waals surface area contributed by atoms with Crippen molar-refractivity contribution in [2.45, 2.75) is 25.8 Å². The number of nitrogens with two attached hydrogens (primary N) is 1. The Labute approximate surface area is 134 Å². The highest BCUT2D eigenvalue weighted by molar-refractivity contribution is 5.87. The molecule has 1 fully saturated rings. The number of aromatic nitrogens is 3. The summed E-state index contributed by atoms with van der Waals surface area (Å²) in [7, 11) is 0. The average Bonchev–Trinajstić information content (AvgIpc) is 3.08. The minimum absolute atomic E-state index is 0.185. The van der Waals surface area contributed by atoms with Gasteiger partial charge in [-0.2, -0.15) is 0 Å². The highest BCUT2D eigenvalue weighted by Gasteiger charge is 2.31. The van der Waals surface area contributed by atoms with Crippen molar-refractivity contribution in [1.82, 2.24) is 15.0 Å². The van der Waals surface area contributed by atoms with Crippen molar-refractivity contribution in [1.29, 1.82) is 0 Å². The summed E-state index contributed by atoms with van der Waals surface area (Å²) in [6.45, 7) is 3.22. The standard InChI is InChI=1S/C17H19N5O/c1-11-6-7-22(13(9-11)14-3-2-8-23-14)17-12-4-5-15(18)21-16(12)19-10-20-17/h2-5,8,10-11,13H,6-7,9H2,1H3,(H2,18,19,20,21)/t11-,13+/m0/s1. The van der Waals surface area contributed by atoms with Gasteiger partial charge in [-0.15, -0.1) is 0 Å². The van der Waals surface area contributed by atoms with Crippen molar-refractivity contribution >= 4 is 22.7 Å². The molecule has 2 N–H and O–H groups in total. The predicted octanol–water partition coefficient (Wildman–Crippen LogP) is 3.18. The minimum atomic E-state index is 0.185. The lowest BCUT2D eigenvalue weighted by molar-refractivity contribution is 0.327. The van der Waals surface area contributed by atoms with Gasteiger partial charge in [-0.25, -0.2) is 15.0 Å². The number of rotatable bonds is 2. The number of hydrogen-bond acceptors (Lipinski definition) is 6. The Hall–Kier alpha value is -2.63. The first-order chi connectivity index (χ1) is 11.2. The van der Waals surface area contributed by atoms with E-state index in [0.717, 1.165) is 36.4 Å². The molecule has 4 heterocycles. The van der Waals surface area contributed by atoms with Crippen LogP contribution in [0.15, 0.2) is 41.3 Å². The molecule has 2 atom stereocenters. The predicted molar refractivity (Wildman–Crippen MR) is 88.9 cm³/mol. The third-order valence-electron chi connectivity index (χ3n) is 4.51. The Morgan fingerprint density at radius 1 is 1.26 bits per heavy atom. The molecule has 0 aromatic carbocycles. The van der Waals surface area contributed by atoms with Gasteiger partial charge in [0.15, 0.2) is 5.65 Å². The van der Waals surface area contributed by atoms with Crippen LogP contribution in [-0.4, -0.2) is 21.5 Å². The van der Waals surface area contributed by atoms with E-state index in [-0.39, 0.29) is 6.04 Å². The summed E-state index contributed by atoms with van der Waals surface area (Å²) in [6.07, 6.45) is 5.46. The van der Waals surface area contributed by atoms with E-state index in [1.54, 1.807) is 18.7 Å². The van der Waals surface area contributed by atoms with Crippen molar-refractivity contribution in [3.05, 3.63) is 42.6 Å². The molecule has 3 aromatic heterocycles. The molecule has 0 saturated carbocycles. The van der Waals surface area contributed by atoms with Gasteiger partial charge in [-0.3, -0.25) is 0 Å². The SMILES string of the molecule is C[C@H]1CCN(c2ncnc3nc(N)ccc23)[C@@H](c2ccco2)C1. The monoisotopic (exact) mass is 309 g/mol. The van der Waals surface area contributed by atoms with Crippen LogP contribution < -0.4 is 10.6 Å². The van der Waals surface area contributed by atoms with Crippen molar-refractivity contribution in [3.63, 3.8) is 0 Å². The number of anilines is 2. The van der Waals surface area contributed by atoms with E-state index in [0.29, 0.717) is 17.4 Å². The maximum absolute atomic E-state index is 5.77. The highest BCUT2D eigenvalue weighted by Crippen LogP contribution is 2.38. The molecular formula is C17H19N5O. The minimum Gasteiger partial charge on any atom is -0.467 e. The number of nitrogen functional groups attached to an aromatic ring is 1. The van der Waals surface area contributed by atoms with E-state index in [1.807, 2.05) is 18.2 Å². The second kappa shape index (κ2) is 5.53. The molecule has 4 rings (SSSR count). The molecule has 0 radical (unpaired) electrons. The lowest BCUT2D eigenvalue weighted by Crippen LogP contribution is -2.36. The Morgan fingerprint density at radius 2 is 2.17 bits per heavy atom. The van der Waals surface area contributed by atoms with Crippen LogP contribution in [0.3, 0.4) is 0 Å². The zero-order valence-electron chi connectivity index (χ0n) is 13.0. The van der Waals surface area contributed by atoms with Crippen molar-refractivity contribution in [2.24, 2.45) is 5.92 Å². The summed E-state index contributed by atoms with van der Waals surface area (Å²) in [6, 6.07) is 7.90.